The molecular weight excluding hydrogens is 951 g/mol. The molecule has 0 saturated heterocycles. The van der Waals surface area contributed by atoms with E-state index in [0.717, 1.165) is 17.1 Å². The molecule has 15 rings (SSSR count). The molecule has 0 atom stereocenters. The van der Waals surface area contributed by atoms with Gasteiger partial charge in [0.15, 0.2) is 0 Å². The molecule has 1 nitrogen and oxygen atoms in total. The Morgan fingerprint density at radius 1 is 0.316 bits per heavy atom. The van der Waals surface area contributed by atoms with Gasteiger partial charge in [0.1, 0.15) is 0 Å². The molecule has 0 N–H and O–H groups in total. The van der Waals surface area contributed by atoms with E-state index in [-0.39, 0.29) is 5.41 Å². The van der Waals surface area contributed by atoms with Crippen LogP contribution in [0.5, 0.6) is 0 Å². The number of rotatable bonds is 8. The Labute approximate surface area is 462 Å². The van der Waals surface area contributed by atoms with Crippen LogP contribution in [-0.2, 0) is 5.41 Å². The fraction of sp³-hybridized carbons (Fsp3) is 0.0769. The highest BCUT2D eigenvalue weighted by Crippen LogP contribution is 2.54. The minimum atomic E-state index is -0.274. The molecule has 1 aliphatic rings. The van der Waals surface area contributed by atoms with Crippen molar-refractivity contribution in [1.29, 1.82) is 0 Å². The molecule has 0 saturated carbocycles. The second-order valence-corrected chi connectivity index (χ2v) is 22.6. The summed E-state index contributed by atoms with van der Waals surface area (Å²) in [4.78, 5) is 2.51. The highest BCUT2D eigenvalue weighted by molar-refractivity contribution is 6.27. The second kappa shape index (κ2) is 18.3. The zero-order valence-electron chi connectivity index (χ0n) is 44.9. The van der Waals surface area contributed by atoms with E-state index in [1.165, 1.54) is 137 Å². The van der Waals surface area contributed by atoms with Gasteiger partial charge in [-0.3, -0.25) is 0 Å². The topological polar surface area (TPSA) is 3.24 Å². The fourth-order valence-electron chi connectivity index (χ4n) is 13.4. The second-order valence-electron chi connectivity index (χ2n) is 22.6. The zero-order chi connectivity index (χ0) is 52.9. The van der Waals surface area contributed by atoms with Gasteiger partial charge in [0.05, 0.1) is 0 Å². The number of hydrogen-bond donors (Lipinski definition) is 0. The van der Waals surface area contributed by atoms with Crippen molar-refractivity contribution in [2.24, 2.45) is 0 Å². The quantitative estimate of drug-likeness (QED) is 0.108. The number of anilines is 3. The van der Waals surface area contributed by atoms with Gasteiger partial charge in [0, 0.05) is 22.5 Å². The molecule has 0 bridgehead atoms. The molecule has 0 aromatic heterocycles. The maximum Gasteiger partial charge on any atom is 0.0468 e. The Kier molecular flexibility index (Phi) is 10.8. The van der Waals surface area contributed by atoms with Crippen molar-refractivity contribution in [2.75, 3.05) is 4.90 Å². The van der Waals surface area contributed by atoms with Crippen molar-refractivity contribution in [1.82, 2.24) is 0 Å². The van der Waals surface area contributed by atoms with E-state index in [1.54, 1.807) is 0 Å². The molecule has 14 aromatic carbocycles. The van der Waals surface area contributed by atoms with E-state index >= 15 is 0 Å². The Balaban J connectivity index is 0.864. The van der Waals surface area contributed by atoms with E-state index in [2.05, 4.69) is 300 Å². The van der Waals surface area contributed by atoms with Crippen LogP contribution in [-0.4, -0.2) is 0 Å². The van der Waals surface area contributed by atoms with Crippen molar-refractivity contribution >= 4 is 105 Å². The molecule has 0 fully saturated rings. The molecular formula is C78H57N. The van der Waals surface area contributed by atoms with Gasteiger partial charge in [0.25, 0.3) is 0 Å². The van der Waals surface area contributed by atoms with Crippen LogP contribution in [0.2, 0.25) is 0 Å². The summed E-state index contributed by atoms with van der Waals surface area (Å²) in [5.41, 5.74) is 17.3. The van der Waals surface area contributed by atoms with Crippen molar-refractivity contribution in [3.63, 3.8) is 0 Å². The van der Waals surface area contributed by atoms with Crippen LogP contribution in [0.25, 0.3) is 121 Å². The third-order valence-electron chi connectivity index (χ3n) is 17.3. The average molecular weight is 1010 g/mol. The minimum absolute atomic E-state index is 0.274. The van der Waals surface area contributed by atoms with Crippen molar-refractivity contribution in [2.45, 2.75) is 39.0 Å². The lowest BCUT2D eigenvalue weighted by Gasteiger charge is -2.29. The van der Waals surface area contributed by atoms with E-state index in [0.29, 0.717) is 5.92 Å². The molecule has 14 aromatic rings. The maximum absolute atomic E-state index is 2.51. The maximum atomic E-state index is 2.51. The summed E-state index contributed by atoms with van der Waals surface area (Å²) in [7, 11) is 0. The highest BCUT2D eigenvalue weighted by atomic mass is 15.1. The lowest BCUT2D eigenvalue weighted by atomic mass is 9.80. The van der Waals surface area contributed by atoms with E-state index in [9.17, 15) is 0 Å². The first-order valence-electron chi connectivity index (χ1n) is 27.9. The first-order valence-corrected chi connectivity index (χ1v) is 27.9. The van der Waals surface area contributed by atoms with Crippen LogP contribution in [0, 0.1) is 0 Å². The number of nitrogens with zero attached hydrogens (tertiary/aromatic N) is 1. The van der Waals surface area contributed by atoms with Crippen LogP contribution in [0.1, 0.15) is 61.4 Å². The standard InChI is InChI=1S/C78H57N/c1-49(2)70-42-51(32-31-50-33-34-54-44-71(52-19-7-5-8-20-52)72(45-55(54)41-50)53-21-9-6-10-22-53)43-76-77(70)69-40-37-58(48-75(69)78(76,3)4)79(56-35-38-67-63-27-13-11-23-59(63)61-25-15-17-29-65(61)73(67)46-56)57-36-39-68-64-28-14-12-24-60(64)62-26-16-18-30-66(62)74(68)47-57/h5-49H,1-4H3. The van der Waals surface area contributed by atoms with Gasteiger partial charge in [-0.05, 0) is 197 Å². The largest absolute Gasteiger partial charge is 0.310 e. The van der Waals surface area contributed by atoms with Gasteiger partial charge in [-0.15, -0.1) is 0 Å². The molecule has 374 valence electrons. The third-order valence-corrected chi connectivity index (χ3v) is 17.3. The van der Waals surface area contributed by atoms with Crippen molar-refractivity contribution in [3.05, 3.63) is 283 Å². The Hall–Kier alpha value is -9.56. The van der Waals surface area contributed by atoms with Crippen LogP contribution >= 0.6 is 0 Å². The molecule has 0 amide bonds. The SMILES string of the molecule is CC(C)c1cc(C=Cc2ccc3cc(-c4ccccc4)c(-c4ccccc4)cc3c2)cc2c1-c1ccc(N(c3ccc4c5ccccc5c5ccccc5c4c3)c3ccc4c5ccccc5c5ccccc5c4c3)cc1C2(C)C. The zero-order valence-corrected chi connectivity index (χ0v) is 44.9. The first kappa shape index (κ1) is 46.7. The van der Waals surface area contributed by atoms with Crippen molar-refractivity contribution in [3.8, 4) is 33.4 Å². The van der Waals surface area contributed by atoms with Crippen LogP contribution in [0.4, 0.5) is 17.1 Å². The van der Waals surface area contributed by atoms with Crippen LogP contribution < -0.4 is 4.90 Å². The summed E-state index contributed by atoms with van der Waals surface area (Å²) in [6.45, 7) is 9.56. The van der Waals surface area contributed by atoms with Gasteiger partial charge in [-0.25, -0.2) is 0 Å². The predicted octanol–water partition coefficient (Wildman–Crippen LogP) is 22.2. The third kappa shape index (κ3) is 7.60. The summed E-state index contributed by atoms with van der Waals surface area (Å²) in [6.07, 6.45) is 4.63. The summed E-state index contributed by atoms with van der Waals surface area (Å²) >= 11 is 0. The van der Waals surface area contributed by atoms with Crippen molar-refractivity contribution < 1.29 is 0 Å². The molecule has 1 aliphatic carbocycles. The molecule has 0 unspecified atom stereocenters. The summed E-state index contributed by atoms with van der Waals surface area (Å²) < 4.78 is 0. The predicted molar refractivity (Wildman–Crippen MR) is 342 cm³/mol. The van der Waals surface area contributed by atoms with Gasteiger partial charge < -0.3 is 4.90 Å². The molecule has 79 heavy (non-hydrogen) atoms. The normalized spacial score (nSPS) is 13.0. The lowest BCUT2D eigenvalue weighted by Crippen LogP contribution is -2.17. The lowest BCUT2D eigenvalue weighted by molar-refractivity contribution is 0.659. The molecule has 1 heteroatoms. The monoisotopic (exact) mass is 1010 g/mol. The smallest absolute Gasteiger partial charge is 0.0468 e. The van der Waals surface area contributed by atoms with Gasteiger partial charge >= 0.3 is 0 Å². The van der Waals surface area contributed by atoms with E-state index in [4.69, 9.17) is 0 Å². The molecule has 0 aliphatic heterocycles. The van der Waals surface area contributed by atoms with Crippen LogP contribution in [0.3, 0.4) is 0 Å². The Morgan fingerprint density at radius 3 is 1.23 bits per heavy atom. The Morgan fingerprint density at radius 2 is 0.734 bits per heavy atom. The number of benzene rings is 14. The van der Waals surface area contributed by atoms with E-state index in [1.807, 2.05) is 0 Å². The number of fused-ring (bicyclic) bond motifs is 16. The highest BCUT2D eigenvalue weighted by Gasteiger charge is 2.38. The summed E-state index contributed by atoms with van der Waals surface area (Å²) in [6, 6.07) is 95.2. The van der Waals surface area contributed by atoms with Gasteiger partial charge in [-0.1, -0.05) is 240 Å². The number of hydrogen-bond acceptors (Lipinski definition) is 1. The molecule has 0 radical (unpaired) electrons. The Bertz CT molecular complexity index is 4600. The minimum Gasteiger partial charge on any atom is -0.310 e. The fourth-order valence-corrected chi connectivity index (χ4v) is 13.4. The molecule has 0 heterocycles. The van der Waals surface area contributed by atoms with E-state index < -0.39 is 0 Å². The van der Waals surface area contributed by atoms with Crippen LogP contribution in [0.15, 0.2) is 255 Å². The molecule has 0 spiro atoms. The van der Waals surface area contributed by atoms with Gasteiger partial charge in [0.2, 0.25) is 0 Å². The average Bonchev–Trinajstić information content (AvgIpc) is 4.03. The summed E-state index contributed by atoms with van der Waals surface area (Å²) in [5, 5.41) is 17.7. The first-order chi connectivity index (χ1) is 38.7. The summed E-state index contributed by atoms with van der Waals surface area (Å²) in [5.74, 6) is 0.322. The van der Waals surface area contributed by atoms with Gasteiger partial charge in [-0.2, -0.15) is 0 Å².